The molecule has 2 rings (SSSR count). The smallest absolute Gasteiger partial charge is 0.358 e. The third-order valence-electron chi connectivity index (χ3n) is 3.38. The average Bonchev–Trinajstić information content (AvgIpc) is 3.12. The van der Waals surface area contributed by atoms with Crippen LogP contribution in [0.3, 0.4) is 0 Å². The molecule has 0 aromatic carbocycles. The minimum Gasteiger partial charge on any atom is -0.358 e. The summed E-state index contributed by atoms with van der Waals surface area (Å²) in [4.78, 5) is 23.8. The Morgan fingerprint density at radius 3 is 2.87 bits per heavy atom. The average molecular weight is 385 g/mol. The van der Waals surface area contributed by atoms with E-state index in [0.29, 0.717) is 13.1 Å². The molecule has 0 aliphatic rings. The first-order valence-electron chi connectivity index (χ1n) is 7.04. The first kappa shape index (κ1) is 17.1. The van der Waals surface area contributed by atoms with Crippen molar-refractivity contribution >= 4 is 27.7 Å². The van der Waals surface area contributed by atoms with Crippen LogP contribution >= 0.6 is 15.9 Å². The minimum absolute atomic E-state index is 0.0705. The predicted octanol–water partition coefficient (Wildman–Crippen LogP) is 1.82. The summed E-state index contributed by atoms with van der Waals surface area (Å²) in [7, 11) is 1.72. The van der Waals surface area contributed by atoms with Crippen molar-refractivity contribution in [3.05, 3.63) is 38.7 Å². The summed E-state index contributed by atoms with van der Waals surface area (Å²) in [6, 6.07) is 1.31. The van der Waals surface area contributed by atoms with Gasteiger partial charge in [0.1, 0.15) is 0 Å². The third kappa shape index (κ3) is 4.15. The lowest BCUT2D eigenvalue weighted by molar-refractivity contribution is -0.389. The normalized spacial score (nSPS) is 10.7. The van der Waals surface area contributed by atoms with E-state index in [0.717, 1.165) is 16.7 Å². The molecule has 0 atom stereocenters. The Bertz CT molecular complexity index is 710. The highest BCUT2D eigenvalue weighted by atomic mass is 79.9. The van der Waals surface area contributed by atoms with Gasteiger partial charge in [-0.25, -0.2) is 0 Å². The van der Waals surface area contributed by atoms with E-state index in [4.69, 9.17) is 0 Å². The van der Waals surface area contributed by atoms with E-state index in [1.165, 1.54) is 16.9 Å². The molecule has 124 valence electrons. The topological polar surface area (TPSA) is 99.1 Å². The van der Waals surface area contributed by atoms with Crippen LogP contribution < -0.4 is 0 Å². The Labute approximate surface area is 141 Å². The fraction of sp³-hybridized carbons (Fsp3) is 0.462. The van der Waals surface area contributed by atoms with Crippen LogP contribution in [0.1, 0.15) is 19.0 Å². The summed E-state index contributed by atoms with van der Waals surface area (Å²) in [5.74, 6) is -0.291. The second-order valence-electron chi connectivity index (χ2n) is 4.95. The number of aryl methyl sites for hydroxylation is 2. The quantitative estimate of drug-likeness (QED) is 0.535. The standard InChI is InChI=1S/C13H17BrN6O3/c1-3-19-11(10(14)8-15-19)9-17(2)13(21)5-7-18-6-4-12(16-18)20(22)23/h4,6,8H,3,5,7,9H2,1-2H3. The van der Waals surface area contributed by atoms with Crippen molar-refractivity contribution in [1.29, 1.82) is 0 Å². The highest BCUT2D eigenvalue weighted by molar-refractivity contribution is 9.10. The van der Waals surface area contributed by atoms with Crippen molar-refractivity contribution < 1.29 is 9.72 Å². The molecule has 1 amide bonds. The van der Waals surface area contributed by atoms with E-state index < -0.39 is 4.92 Å². The van der Waals surface area contributed by atoms with Crippen molar-refractivity contribution in [1.82, 2.24) is 24.5 Å². The zero-order valence-corrected chi connectivity index (χ0v) is 14.4. The lowest BCUT2D eigenvalue weighted by Gasteiger charge is -2.18. The maximum atomic E-state index is 12.2. The first-order valence-corrected chi connectivity index (χ1v) is 7.83. The maximum absolute atomic E-state index is 12.2. The van der Waals surface area contributed by atoms with Gasteiger partial charge in [0, 0.05) is 20.0 Å². The van der Waals surface area contributed by atoms with Crippen LogP contribution in [0.2, 0.25) is 0 Å². The van der Waals surface area contributed by atoms with Crippen LogP contribution in [0.25, 0.3) is 0 Å². The molecule has 0 radical (unpaired) electrons. The first-order chi connectivity index (χ1) is 10.9. The number of hydrogen-bond donors (Lipinski definition) is 0. The Hall–Kier alpha value is -2.23. The fourth-order valence-electron chi connectivity index (χ4n) is 2.10. The summed E-state index contributed by atoms with van der Waals surface area (Å²) < 4.78 is 4.09. The van der Waals surface area contributed by atoms with Gasteiger partial charge < -0.3 is 15.0 Å². The molecule has 0 spiro atoms. The summed E-state index contributed by atoms with van der Waals surface area (Å²) in [6.07, 6.45) is 3.42. The number of halogens is 1. The van der Waals surface area contributed by atoms with E-state index in [1.807, 2.05) is 11.6 Å². The molecule has 2 heterocycles. The van der Waals surface area contributed by atoms with Gasteiger partial charge in [0.15, 0.2) is 0 Å². The number of amides is 1. The largest absolute Gasteiger partial charge is 0.389 e. The monoisotopic (exact) mass is 384 g/mol. The van der Waals surface area contributed by atoms with Gasteiger partial charge in [-0.05, 0) is 27.8 Å². The van der Waals surface area contributed by atoms with E-state index in [1.54, 1.807) is 18.1 Å². The molecule has 9 nitrogen and oxygen atoms in total. The Morgan fingerprint density at radius 1 is 1.52 bits per heavy atom. The Balaban J connectivity index is 1.92. The number of carbonyl (C=O) groups excluding carboxylic acids is 1. The third-order valence-corrected chi connectivity index (χ3v) is 4.04. The van der Waals surface area contributed by atoms with Crippen LogP contribution in [0, 0.1) is 10.1 Å². The molecule has 2 aromatic rings. The number of nitro groups is 1. The van der Waals surface area contributed by atoms with Gasteiger partial charge in [0.2, 0.25) is 5.91 Å². The van der Waals surface area contributed by atoms with Crippen LogP contribution in [-0.2, 0) is 24.4 Å². The number of carbonyl (C=O) groups is 1. The van der Waals surface area contributed by atoms with Crippen LogP contribution in [0.15, 0.2) is 22.9 Å². The predicted molar refractivity (Wildman–Crippen MR) is 85.6 cm³/mol. The molecular formula is C13H17BrN6O3. The molecule has 10 heteroatoms. The van der Waals surface area contributed by atoms with E-state index in [9.17, 15) is 14.9 Å². The van der Waals surface area contributed by atoms with Gasteiger partial charge in [-0.15, -0.1) is 0 Å². The molecule has 0 saturated carbocycles. The fourth-order valence-corrected chi connectivity index (χ4v) is 2.53. The second kappa shape index (κ2) is 7.36. The summed E-state index contributed by atoms with van der Waals surface area (Å²) in [5.41, 5.74) is 0.929. The van der Waals surface area contributed by atoms with Crippen molar-refractivity contribution in [2.24, 2.45) is 0 Å². The van der Waals surface area contributed by atoms with Crippen molar-refractivity contribution in [2.45, 2.75) is 33.0 Å². The van der Waals surface area contributed by atoms with Gasteiger partial charge in [-0.3, -0.25) is 9.48 Å². The number of hydrogen-bond acceptors (Lipinski definition) is 5. The van der Waals surface area contributed by atoms with Gasteiger partial charge >= 0.3 is 5.82 Å². The zero-order valence-electron chi connectivity index (χ0n) is 12.8. The highest BCUT2D eigenvalue weighted by Crippen LogP contribution is 2.18. The van der Waals surface area contributed by atoms with E-state index >= 15 is 0 Å². The van der Waals surface area contributed by atoms with Gasteiger partial charge in [0.05, 0.1) is 46.8 Å². The summed E-state index contributed by atoms with van der Waals surface area (Å²) >= 11 is 3.43. The number of nitrogens with zero attached hydrogens (tertiary/aromatic N) is 6. The highest BCUT2D eigenvalue weighted by Gasteiger charge is 2.16. The van der Waals surface area contributed by atoms with Gasteiger partial charge in [-0.1, -0.05) is 0 Å². The van der Waals surface area contributed by atoms with Crippen molar-refractivity contribution in [2.75, 3.05) is 7.05 Å². The summed E-state index contributed by atoms with van der Waals surface area (Å²) in [6.45, 7) is 3.44. The van der Waals surface area contributed by atoms with E-state index in [-0.39, 0.29) is 18.1 Å². The summed E-state index contributed by atoms with van der Waals surface area (Å²) in [5, 5.41) is 18.6. The van der Waals surface area contributed by atoms with Gasteiger partial charge in [-0.2, -0.15) is 9.78 Å². The van der Waals surface area contributed by atoms with Crippen LogP contribution in [0.4, 0.5) is 5.82 Å². The molecule has 23 heavy (non-hydrogen) atoms. The number of rotatable bonds is 7. The van der Waals surface area contributed by atoms with Crippen molar-refractivity contribution in [3.8, 4) is 0 Å². The second-order valence-corrected chi connectivity index (χ2v) is 5.80. The van der Waals surface area contributed by atoms with E-state index in [2.05, 4.69) is 26.1 Å². The molecule has 0 N–H and O–H groups in total. The van der Waals surface area contributed by atoms with Crippen LogP contribution in [0.5, 0.6) is 0 Å². The molecule has 2 aromatic heterocycles. The Kier molecular flexibility index (Phi) is 5.48. The number of aromatic nitrogens is 4. The molecular weight excluding hydrogens is 368 g/mol. The lowest BCUT2D eigenvalue weighted by atomic mass is 10.3. The SMILES string of the molecule is CCn1ncc(Br)c1CN(C)C(=O)CCn1ccc([N+](=O)[O-])n1. The zero-order chi connectivity index (χ0) is 17.0. The Morgan fingerprint density at radius 2 is 2.26 bits per heavy atom. The van der Waals surface area contributed by atoms with Crippen LogP contribution in [-0.4, -0.2) is 42.3 Å². The minimum atomic E-state index is -0.562. The van der Waals surface area contributed by atoms with Gasteiger partial charge in [0.25, 0.3) is 0 Å². The molecule has 0 aliphatic heterocycles. The molecule has 0 unspecified atom stereocenters. The molecule has 0 saturated heterocycles. The van der Waals surface area contributed by atoms with Crippen molar-refractivity contribution in [3.63, 3.8) is 0 Å². The molecule has 0 fully saturated rings. The molecule has 0 aliphatic carbocycles. The molecule has 0 bridgehead atoms. The lowest BCUT2D eigenvalue weighted by Crippen LogP contribution is -2.28. The maximum Gasteiger partial charge on any atom is 0.389 e.